The van der Waals surface area contributed by atoms with Gasteiger partial charge in [-0.05, 0) is 42.8 Å². The van der Waals surface area contributed by atoms with Crippen molar-refractivity contribution < 1.29 is 13.2 Å². The second-order valence-corrected chi connectivity index (χ2v) is 8.69. The number of sulfonamides is 1. The SMILES string of the molecule is CN(c1cccc(Cl)c1)S(=O)(=O)c1cccc(C(=O)N2CC[C@@H](N)C2)c1. The summed E-state index contributed by atoms with van der Waals surface area (Å²) in [5.74, 6) is -0.208. The fourth-order valence-electron chi connectivity index (χ4n) is 2.91. The van der Waals surface area contributed by atoms with Crippen molar-refractivity contribution in [2.45, 2.75) is 17.4 Å². The highest BCUT2D eigenvalue weighted by Crippen LogP contribution is 2.25. The van der Waals surface area contributed by atoms with Gasteiger partial charge in [-0.3, -0.25) is 9.10 Å². The molecule has 8 heteroatoms. The zero-order valence-electron chi connectivity index (χ0n) is 14.3. The lowest BCUT2D eigenvalue weighted by atomic mass is 10.2. The molecule has 0 spiro atoms. The van der Waals surface area contributed by atoms with E-state index in [0.29, 0.717) is 29.4 Å². The van der Waals surface area contributed by atoms with Gasteiger partial charge in [0.25, 0.3) is 15.9 Å². The molecular weight excluding hydrogens is 374 g/mol. The molecule has 3 rings (SSSR count). The average Bonchev–Trinajstić information content (AvgIpc) is 3.07. The van der Waals surface area contributed by atoms with Crippen molar-refractivity contribution in [2.75, 3.05) is 24.4 Å². The third-order valence-electron chi connectivity index (χ3n) is 4.42. The molecule has 0 aromatic heterocycles. The zero-order valence-corrected chi connectivity index (χ0v) is 15.9. The van der Waals surface area contributed by atoms with E-state index in [2.05, 4.69) is 0 Å². The van der Waals surface area contributed by atoms with Gasteiger partial charge in [0.2, 0.25) is 0 Å². The molecule has 2 aromatic rings. The summed E-state index contributed by atoms with van der Waals surface area (Å²) in [5, 5.41) is 0.443. The number of amides is 1. The molecule has 0 radical (unpaired) electrons. The Morgan fingerprint density at radius 2 is 1.96 bits per heavy atom. The van der Waals surface area contributed by atoms with Crippen LogP contribution < -0.4 is 10.0 Å². The summed E-state index contributed by atoms with van der Waals surface area (Å²) in [6, 6.07) is 12.6. The zero-order chi connectivity index (χ0) is 18.9. The monoisotopic (exact) mass is 393 g/mol. The molecule has 1 aliphatic heterocycles. The van der Waals surface area contributed by atoms with Gasteiger partial charge in [0, 0.05) is 36.8 Å². The van der Waals surface area contributed by atoms with Crippen LogP contribution in [0.1, 0.15) is 16.8 Å². The summed E-state index contributed by atoms with van der Waals surface area (Å²) in [5.41, 5.74) is 6.63. The Kier molecular flexibility index (Phi) is 5.22. The van der Waals surface area contributed by atoms with Crippen LogP contribution in [-0.4, -0.2) is 45.4 Å². The van der Waals surface area contributed by atoms with E-state index in [4.69, 9.17) is 17.3 Å². The first kappa shape index (κ1) is 18.7. The van der Waals surface area contributed by atoms with E-state index in [1.165, 1.54) is 19.2 Å². The summed E-state index contributed by atoms with van der Waals surface area (Å²) in [6.45, 7) is 1.07. The minimum absolute atomic E-state index is 0.0279. The Hall–Kier alpha value is -2.09. The second-order valence-electron chi connectivity index (χ2n) is 6.28. The van der Waals surface area contributed by atoms with Crippen molar-refractivity contribution >= 4 is 33.2 Å². The number of hydrogen-bond donors (Lipinski definition) is 1. The number of nitrogens with two attached hydrogens (primary N) is 1. The van der Waals surface area contributed by atoms with Crippen LogP contribution >= 0.6 is 11.6 Å². The van der Waals surface area contributed by atoms with Crippen LogP contribution in [0.3, 0.4) is 0 Å². The first-order chi connectivity index (χ1) is 12.3. The van der Waals surface area contributed by atoms with Gasteiger partial charge in [-0.2, -0.15) is 0 Å². The topological polar surface area (TPSA) is 83.7 Å². The van der Waals surface area contributed by atoms with E-state index in [1.54, 1.807) is 41.3 Å². The summed E-state index contributed by atoms with van der Waals surface area (Å²) in [7, 11) is -2.37. The Morgan fingerprint density at radius 1 is 1.23 bits per heavy atom. The molecule has 0 bridgehead atoms. The Morgan fingerprint density at radius 3 is 2.62 bits per heavy atom. The van der Waals surface area contributed by atoms with Gasteiger partial charge >= 0.3 is 0 Å². The third-order valence-corrected chi connectivity index (χ3v) is 6.44. The van der Waals surface area contributed by atoms with Crippen molar-refractivity contribution in [3.63, 3.8) is 0 Å². The van der Waals surface area contributed by atoms with E-state index in [1.807, 2.05) is 0 Å². The fraction of sp³-hybridized carbons (Fsp3) is 0.278. The number of benzene rings is 2. The van der Waals surface area contributed by atoms with Crippen molar-refractivity contribution in [1.29, 1.82) is 0 Å². The van der Waals surface area contributed by atoms with Crippen molar-refractivity contribution in [2.24, 2.45) is 5.73 Å². The Bertz CT molecular complexity index is 933. The van der Waals surface area contributed by atoms with Gasteiger partial charge in [0.15, 0.2) is 0 Å². The van der Waals surface area contributed by atoms with Crippen LogP contribution in [0.15, 0.2) is 53.4 Å². The molecule has 26 heavy (non-hydrogen) atoms. The number of rotatable bonds is 4. The van der Waals surface area contributed by atoms with Gasteiger partial charge in [0.05, 0.1) is 10.6 Å². The summed E-state index contributed by atoms with van der Waals surface area (Å²) >= 11 is 5.95. The highest BCUT2D eigenvalue weighted by molar-refractivity contribution is 7.92. The summed E-state index contributed by atoms with van der Waals surface area (Å²) < 4.78 is 27.0. The lowest BCUT2D eigenvalue weighted by Gasteiger charge is -2.21. The lowest BCUT2D eigenvalue weighted by Crippen LogP contribution is -2.32. The summed E-state index contributed by atoms with van der Waals surface area (Å²) in [6.07, 6.45) is 0.751. The normalized spacial score (nSPS) is 17.3. The molecule has 1 atom stereocenters. The quantitative estimate of drug-likeness (QED) is 0.864. The lowest BCUT2D eigenvalue weighted by molar-refractivity contribution is 0.0790. The van der Waals surface area contributed by atoms with E-state index in [0.717, 1.165) is 10.7 Å². The maximum atomic E-state index is 12.9. The minimum Gasteiger partial charge on any atom is -0.337 e. The van der Waals surface area contributed by atoms with Gasteiger partial charge in [-0.25, -0.2) is 8.42 Å². The van der Waals surface area contributed by atoms with Gasteiger partial charge < -0.3 is 10.6 Å². The highest BCUT2D eigenvalue weighted by Gasteiger charge is 2.27. The number of carbonyl (C=O) groups is 1. The molecule has 0 saturated carbocycles. The van der Waals surface area contributed by atoms with Crippen LogP contribution in [0.25, 0.3) is 0 Å². The molecular formula is C18H20ClN3O3S. The smallest absolute Gasteiger partial charge is 0.264 e. The molecule has 0 aliphatic carbocycles. The molecule has 0 unspecified atom stereocenters. The van der Waals surface area contributed by atoms with Crippen LogP contribution in [0.4, 0.5) is 5.69 Å². The number of hydrogen-bond acceptors (Lipinski definition) is 4. The van der Waals surface area contributed by atoms with Crippen molar-refractivity contribution in [1.82, 2.24) is 4.90 Å². The molecule has 1 saturated heterocycles. The first-order valence-corrected chi connectivity index (χ1v) is 10.0. The highest BCUT2D eigenvalue weighted by atomic mass is 35.5. The molecule has 1 aliphatic rings. The van der Waals surface area contributed by atoms with E-state index in [-0.39, 0.29) is 16.8 Å². The van der Waals surface area contributed by atoms with Crippen LogP contribution in [0.2, 0.25) is 5.02 Å². The van der Waals surface area contributed by atoms with Crippen molar-refractivity contribution in [3.8, 4) is 0 Å². The number of anilines is 1. The standard InChI is InChI=1S/C18H20ClN3O3S/c1-21(16-6-3-5-14(19)11-16)26(24,25)17-7-2-4-13(10-17)18(23)22-9-8-15(20)12-22/h2-7,10-11,15H,8-9,12,20H2,1H3/t15-/m1/s1. The molecule has 1 heterocycles. The molecule has 2 aromatic carbocycles. The van der Waals surface area contributed by atoms with E-state index < -0.39 is 10.0 Å². The maximum absolute atomic E-state index is 12.9. The number of halogens is 1. The number of nitrogens with zero attached hydrogens (tertiary/aromatic N) is 2. The van der Waals surface area contributed by atoms with Gasteiger partial charge in [0.1, 0.15) is 0 Å². The molecule has 6 nitrogen and oxygen atoms in total. The van der Waals surface area contributed by atoms with Crippen LogP contribution in [0, 0.1) is 0 Å². The third kappa shape index (κ3) is 3.70. The average molecular weight is 394 g/mol. The molecule has 138 valence electrons. The van der Waals surface area contributed by atoms with Crippen LogP contribution in [-0.2, 0) is 10.0 Å². The predicted molar refractivity (Wildman–Crippen MR) is 102 cm³/mol. The fourth-order valence-corrected chi connectivity index (χ4v) is 4.33. The number of carbonyl (C=O) groups excluding carboxylic acids is 1. The minimum atomic E-state index is -3.82. The van der Waals surface area contributed by atoms with Crippen LogP contribution in [0.5, 0.6) is 0 Å². The van der Waals surface area contributed by atoms with Crippen molar-refractivity contribution in [3.05, 3.63) is 59.1 Å². The van der Waals surface area contributed by atoms with Gasteiger partial charge in [-0.15, -0.1) is 0 Å². The Balaban J connectivity index is 1.90. The molecule has 1 fully saturated rings. The predicted octanol–water partition coefficient (Wildman–Crippen LogP) is 2.34. The molecule has 1 amide bonds. The maximum Gasteiger partial charge on any atom is 0.264 e. The van der Waals surface area contributed by atoms with E-state index >= 15 is 0 Å². The van der Waals surface area contributed by atoms with E-state index in [9.17, 15) is 13.2 Å². The Labute approximate surface area is 158 Å². The largest absolute Gasteiger partial charge is 0.337 e. The second kappa shape index (κ2) is 7.26. The first-order valence-electron chi connectivity index (χ1n) is 8.18. The number of likely N-dealkylation sites (tertiary alicyclic amines) is 1. The molecule has 2 N–H and O–H groups in total. The summed E-state index contributed by atoms with van der Waals surface area (Å²) in [4.78, 5) is 14.3. The van der Waals surface area contributed by atoms with Gasteiger partial charge in [-0.1, -0.05) is 23.7 Å².